The molecular weight excluding hydrogens is 733 g/mol. The lowest BCUT2D eigenvalue weighted by atomic mass is 10.0. The molecule has 0 aromatic heterocycles. The van der Waals surface area contributed by atoms with Crippen molar-refractivity contribution in [3.05, 3.63) is 0 Å². The van der Waals surface area contributed by atoms with Crippen LogP contribution < -0.4 is 0 Å². The third kappa shape index (κ3) is 47.3. The highest BCUT2D eigenvalue weighted by Crippen LogP contribution is 2.17. The topological polar surface area (TPSA) is 78.9 Å². The van der Waals surface area contributed by atoms with Gasteiger partial charge in [-0.1, -0.05) is 253 Å². The lowest BCUT2D eigenvalue weighted by Crippen LogP contribution is -2.30. The van der Waals surface area contributed by atoms with Crippen molar-refractivity contribution in [2.75, 3.05) is 13.2 Å². The Balaban J connectivity index is 4.32. The third-order valence-corrected chi connectivity index (χ3v) is 12.0. The Morgan fingerprint density at radius 1 is 0.322 bits per heavy atom. The van der Waals surface area contributed by atoms with Gasteiger partial charge in [-0.05, 0) is 31.1 Å². The van der Waals surface area contributed by atoms with Gasteiger partial charge in [0.1, 0.15) is 13.2 Å². The quantitative estimate of drug-likeness (QED) is 0.0345. The van der Waals surface area contributed by atoms with E-state index in [4.69, 9.17) is 14.2 Å². The van der Waals surface area contributed by atoms with E-state index in [0.29, 0.717) is 19.3 Å². The zero-order valence-corrected chi connectivity index (χ0v) is 40.4. The molecule has 0 saturated heterocycles. The summed E-state index contributed by atoms with van der Waals surface area (Å²) in [6.45, 7) is 11.4. The van der Waals surface area contributed by atoms with Gasteiger partial charge in [-0.2, -0.15) is 0 Å². The normalized spacial score (nSPS) is 12.1. The maximum Gasteiger partial charge on any atom is 0.306 e. The molecule has 0 radical (unpaired) electrons. The van der Waals surface area contributed by atoms with Crippen LogP contribution in [-0.2, 0) is 28.6 Å². The van der Waals surface area contributed by atoms with Crippen molar-refractivity contribution in [3.8, 4) is 0 Å². The maximum atomic E-state index is 12.8. The SMILES string of the molecule is CCCCCCCCCCCCCCCCCC(=O)O[C@@H](COC(=O)CCCCCCCCCCCCCC(C)C)COC(=O)CCCCCCCCCCCC(C)C. The van der Waals surface area contributed by atoms with Crippen molar-refractivity contribution in [3.63, 3.8) is 0 Å². The minimum atomic E-state index is -0.762. The van der Waals surface area contributed by atoms with Gasteiger partial charge in [0.15, 0.2) is 6.10 Å². The molecule has 0 aliphatic heterocycles. The summed E-state index contributed by atoms with van der Waals surface area (Å²) in [4.78, 5) is 38.0. The molecule has 1 atom stereocenters. The van der Waals surface area contributed by atoms with Gasteiger partial charge in [-0.25, -0.2) is 0 Å². The van der Waals surface area contributed by atoms with Gasteiger partial charge < -0.3 is 14.2 Å². The predicted molar refractivity (Wildman–Crippen MR) is 252 cm³/mol. The molecular formula is C53H102O6. The predicted octanol–water partition coefficient (Wildman–Crippen LogP) is 16.9. The highest BCUT2D eigenvalue weighted by atomic mass is 16.6. The molecule has 350 valence electrons. The molecule has 0 aliphatic rings. The first-order valence-electron chi connectivity index (χ1n) is 26.2. The molecule has 0 amide bonds. The van der Waals surface area contributed by atoms with Crippen molar-refractivity contribution in [2.24, 2.45) is 11.8 Å². The fourth-order valence-electron chi connectivity index (χ4n) is 7.99. The molecule has 0 heterocycles. The Bertz CT molecular complexity index is 900. The van der Waals surface area contributed by atoms with Crippen molar-refractivity contribution in [1.29, 1.82) is 0 Å². The van der Waals surface area contributed by atoms with E-state index in [1.807, 2.05) is 0 Å². The Morgan fingerprint density at radius 3 is 0.831 bits per heavy atom. The van der Waals surface area contributed by atoms with Crippen molar-refractivity contribution < 1.29 is 28.6 Å². The number of hydrogen-bond donors (Lipinski definition) is 0. The summed E-state index contributed by atoms with van der Waals surface area (Å²) in [5.41, 5.74) is 0. The largest absolute Gasteiger partial charge is 0.462 e. The molecule has 6 nitrogen and oxygen atoms in total. The average Bonchev–Trinajstić information content (AvgIpc) is 3.20. The fourth-order valence-corrected chi connectivity index (χ4v) is 7.99. The van der Waals surface area contributed by atoms with Crippen LogP contribution in [0.3, 0.4) is 0 Å². The Hall–Kier alpha value is -1.59. The number of carbonyl (C=O) groups is 3. The van der Waals surface area contributed by atoms with Crippen LogP contribution in [0, 0.1) is 11.8 Å². The molecule has 59 heavy (non-hydrogen) atoms. The number of ether oxygens (including phenoxy) is 3. The number of unbranched alkanes of at least 4 members (excludes halogenated alkanes) is 32. The Labute approximate surface area is 368 Å². The Morgan fingerprint density at radius 2 is 0.559 bits per heavy atom. The zero-order valence-electron chi connectivity index (χ0n) is 40.4. The molecule has 0 saturated carbocycles. The van der Waals surface area contributed by atoms with Crippen LogP contribution in [0.4, 0.5) is 0 Å². The van der Waals surface area contributed by atoms with Crippen molar-refractivity contribution in [1.82, 2.24) is 0 Å². The number of carbonyl (C=O) groups excluding carboxylic acids is 3. The number of rotatable bonds is 47. The first kappa shape index (κ1) is 57.4. The molecule has 0 N–H and O–H groups in total. The van der Waals surface area contributed by atoms with Gasteiger partial charge in [0.05, 0.1) is 0 Å². The van der Waals surface area contributed by atoms with Crippen LogP contribution in [-0.4, -0.2) is 37.2 Å². The molecule has 0 bridgehead atoms. The summed E-state index contributed by atoms with van der Waals surface area (Å²) in [5.74, 6) is 0.788. The molecule has 0 unspecified atom stereocenters. The van der Waals surface area contributed by atoms with Crippen LogP contribution in [0.1, 0.15) is 291 Å². The van der Waals surface area contributed by atoms with Gasteiger partial charge in [0.25, 0.3) is 0 Å². The molecule has 0 aromatic carbocycles. The fraction of sp³-hybridized carbons (Fsp3) is 0.943. The van der Waals surface area contributed by atoms with Crippen LogP contribution in [0.5, 0.6) is 0 Å². The van der Waals surface area contributed by atoms with E-state index in [0.717, 1.165) is 69.6 Å². The van der Waals surface area contributed by atoms with Gasteiger partial charge in [-0.15, -0.1) is 0 Å². The van der Waals surface area contributed by atoms with Gasteiger partial charge in [0, 0.05) is 19.3 Å². The molecule has 0 spiro atoms. The Kier molecular flexibility index (Phi) is 44.7. The summed E-state index contributed by atoms with van der Waals surface area (Å²) < 4.78 is 16.8. The zero-order chi connectivity index (χ0) is 43.3. The van der Waals surface area contributed by atoms with Crippen LogP contribution >= 0.6 is 0 Å². The molecule has 0 fully saturated rings. The summed E-state index contributed by atoms with van der Waals surface area (Å²) in [5, 5.41) is 0. The van der Waals surface area contributed by atoms with Gasteiger partial charge in [0.2, 0.25) is 0 Å². The first-order chi connectivity index (χ1) is 28.7. The van der Waals surface area contributed by atoms with E-state index in [1.165, 1.54) is 180 Å². The number of hydrogen-bond acceptors (Lipinski definition) is 6. The molecule has 0 rings (SSSR count). The standard InChI is InChI=1S/C53H102O6/c1-6-7-8-9-10-11-12-13-14-15-18-24-30-35-40-45-53(56)59-50(47-58-52(55)44-39-34-29-25-20-22-27-32-37-42-49(4)5)46-57-51(54)43-38-33-28-23-19-16-17-21-26-31-36-41-48(2)3/h48-50H,6-47H2,1-5H3/t50-/m0/s1. The van der Waals surface area contributed by atoms with Gasteiger partial charge in [-0.3, -0.25) is 14.4 Å². The molecule has 6 heteroatoms. The minimum absolute atomic E-state index is 0.0638. The summed E-state index contributed by atoms with van der Waals surface area (Å²) >= 11 is 0. The van der Waals surface area contributed by atoms with E-state index >= 15 is 0 Å². The van der Waals surface area contributed by atoms with Crippen molar-refractivity contribution in [2.45, 2.75) is 298 Å². The lowest BCUT2D eigenvalue weighted by molar-refractivity contribution is -0.167. The summed E-state index contributed by atoms with van der Waals surface area (Å²) in [7, 11) is 0. The van der Waals surface area contributed by atoms with E-state index in [2.05, 4.69) is 34.6 Å². The summed E-state index contributed by atoms with van der Waals surface area (Å²) in [6, 6.07) is 0. The van der Waals surface area contributed by atoms with E-state index in [-0.39, 0.29) is 31.1 Å². The highest BCUT2D eigenvalue weighted by molar-refractivity contribution is 5.71. The van der Waals surface area contributed by atoms with E-state index in [9.17, 15) is 14.4 Å². The van der Waals surface area contributed by atoms with Gasteiger partial charge >= 0.3 is 17.9 Å². The third-order valence-electron chi connectivity index (χ3n) is 12.0. The second-order valence-electron chi connectivity index (χ2n) is 19.1. The summed E-state index contributed by atoms with van der Waals surface area (Å²) in [6.07, 6.45) is 46.6. The van der Waals surface area contributed by atoms with Crippen LogP contribution in [0.25, 0.3) is 0 Å². The van der Waals surface area contributed by atoms with Crippen molar-refractivity contribution >= 4 is 17.9 Å². The first-order valence-corrected chi connectivity index (χ1v) is 26.2. The minimum Gasteiger partial charge on any atom is -0.462 e. The van der Waals surface area contributed by atoms with E-state index < -0.39 is 6.10 Å². The second-order valence-corrected chi connectivity index (χ2v) is 19.1. The smallest absolute Gasteiger partial charge is 0.306 e. The van der Waals surface area contributed by atoms with Crippen LogP contribution in [0.15, 0.2) is 0 Å². The van der Waals surface area contributed by atoms with Crippen LogP contribution in [0.2, 0.25) is 0 Å². The lowest BCUT2D eigenvalue weighted by Gasteiger charge is -2.18. The van der Waals surface area contributed by atoms with E-state index in [1.54, 1.807) is 0 Å². The highest BCUT2D eigenvalue weighted by Gasteiger charge is 2.19. The average molecular weight is 835 g/mol. The maximum absolute atomic E-state index is 12.8. The number of esters is 3. The molecule has 0 aromatic rings. The molecule has 0 aliphatic carbocycles. The monoisotopic (exact) mass is 835 g/mol. The second kappa shape index (κ2) is 45.9.